The molecule has 0 radical (unpaired) electrons. The van der Waals surface area contributed by atoms with Gasteiger partial charge in [0.25, 0.3) is 0 Å². The maximum absolute atomic E-state index is 8.92. The van der Waals surface area contributed by atoms with Crippen molar-refractivity contribution < 1.29 is 4.74 Å². The van der Waals surface area contributed by atoms with Gasteiger partial charge in [0, 0.05) is 23.9 Å². The Hall–Kier alpha value is -1.18. The molecule has 4 heteroatoms. The molecule has 3 nitrogen and oxygen atoms in total. The minimum Gasteiger partial charge on any atom is -0.496 e. The summed E-state index contributed by atoms with van der Waals surface area (Å²) in [5.74, 6) is 1.93. The molecular weight excluding hydrogens is 244 g/mol. The molecule has 1 N–H and O–H groups in total. The van der Waals surface area contributed by atoms with E-state index in [1.165, 1.54) is 0 Å². The first kappa shape index (κ1) is 14.9. The fourth-order valence-electron chi connectivity index (χ4n) is 1.76. The zero-order chi connectivity index (χ0) is 13.4. The van der Waals surface area contributed by atoms with E-state index in [0.717, 1.165) is 30.0 Å². The van der Waals surface area contributed by atoms with Crippen molar-refractivity contribution in [2.24, 2.45) is 0 Å². The van der Waals surface area contributed by atoms with E-state index in [2.05, 4.69) is 24.6 Å². The first-order valence-corrected chi connectivity index (χ1v) is 7.43. The summed E-state index contributed by atoms with van der Waals surface area (Å²) in [6.07, 6.45) is 3.21. The predicted molar refractivity (Wildman–Crippen MR) is 77.0 cm³/mol. The van der Waals surface area contributed by atoms with Crippen molar-refractivity contribution >= 4 is 11.8 Å². The van der Waals surface area contributed by atoms with Crippen molar-refractivity contribution in [3.8, 4) is 11.8 Å². The SMILES string of the molecule is CCC(CSC)NCc1cc(C#N)ccc1OC. The monoisotopic (exact) mass is 264 g/mol. The number of methoxy groups -OCH3 is 1. The number of hydrogen-bond donors (Lipinski definition) is 1. The van der Waals surface area contributed by atoms with Crippen LogP contribution in [0.2, 0.25) is 0 Å². The molecule has 1 aromatic rings. The fraction of sp³-hybridized carbons (Fsp3) is 0.500. The number of hydrogen-bond acceptors (Lipinski definition) is 4. The second-order valence-corrected chi connectivity index (χ2v) is 4.99. The maximum Gasteiger partial charge on any atom is 0.123 e. The third-order valence-corrected chi connectivity index (χ3v) is 3.59. The Morgan fingerprint density at radius 2 is 2.28 bits per heavy atom. The Bertz CT molecular complexity index is 415. The zero-order valence-corrected chi connectivity index (χ0v) is 12.0. The molecule has 0 fully saturated rings. The van der Waals surface area contributed by atoms with E-state index in [1.54, 1.807) is 13.2 Å². The molecule has 1 rings (SSSR count). The summed E-state index contributed by atoms with van der Waals surface area (Å²) in [6, 6.07) is 8.17. The largest absolute Gasteiger partial charge is 0.496 e. The van der Waals surface area contributed by atoms with E-state index >= 15 is 0 Å². The number of nitriles is 1. The van der Waals surface area contributed by atoms with Gasteiger partial charge < -0.3 is 10.1 Å². The summed E-state index contributed by atoms with van der Waals surface area (Å²) in [5, 5.41) is 12.4. The quantitative estimate of drug-likeness (QED) is 0.822. The highest BCUT2D eigenvalue weighted by atomic mass is 32.2. The second-order valence-electron chi connectivity index (χ2n) is 4.08. The average molecular weight is 264 g/mol. The summed E-state index contributed by atoms with van der Waals surface area (Å²) in [7, 11) is 1.66. The van der Waals surface area contributed by atoms with E-state index in [9.17, 15) is 0 Å². The number of nitrogens with zero attached hydrogens (tertiary/aromatic N) is 1. The van der Waals surface area contributed by atoms with Crippen LogP contribution in [-0.2, 0) is 6.54 Å². The number of nitrogens with one attached hydrogen (secondary N) is 1. The molecule has 0 aromatic heterocycles. The molecule has 0 saturated heterocycles. The third kappa shape index (κ3) is 4.25. The standard InChI is InChI=1S/C14H20N2OS/c1-4-13(10-18-3)16-9-12-7-11(8-15)5-6-14(12)17-2/h5-7,13,16H,4,9-10H2,1-3H3. The smallest absolute Gasteiger partial charge is 0.123 e. The highest BCUT2D eigenvalue weighted by Crippen LogP contribution is 2.19. The molecule has 1 atom stereocenters. The fourth-order valence-corrected chi connectivity index (χ4v) is 2.52. The highest BCUT2D eigenvalue weighted by Gasteiger charge is 2.08. The van der Waals surface area contributed by atoms with Crippen LogP contribution in [0.5, 0.6) is 5.75 Å². The molecule has 1 unspecified atom stereocenters. The lowest BCUT2D eigenvalue weighted by molar-refractivity contribution is 0.405. The van der Waals surface area contributed by atoms with Crippen LogP contribution in [0.4, 0.5) is 0 Å². The Morgan fingerprint density at radius 1 is 1.50 bits per heavy atom. The van der Waals surface area contributed by atoms with Crippen molar-refractivity contribution in [3.63, 3.8) is 0 Å². The molecule has 18 heavy (non-hydrogen) atoms. The van der Waals surface area contributed by atoms with Crippen LogP contribution in [0, 0.1) is 11.3 Å². The van der Waals surface area contributed by atoms with E-state index in [-0.39, 0.29) is 0 Å². The van der Waals surface area contributed by atoms with Crippen LogP contribution in [0.3, 0.4) is 0 Å². The summed E-state index contributed by atoms with van der Waals surface area (Å²) in [4.78, 5) is 0. The highest BCUT2D eigenvalue weighted by molar-refractivity contribution is 7.98. The zero-order valence-electron chi connectivity index (χ0n) is 11.2. The van der Waals surface area contributed by atoms with Crippen molar-refractivity contribution in [1.82, 2.24) is 5.32 Å². The number of benzene rings is 1. The van der Waals surface area contributed by atoms with Gasteiger partial charge in [-0.3, -0.25) is 0 Å². The van der Waals surface area contributed by atoms with Gasteiger partial charge in [-0.2, -0.15) is 17.0 Å². The van der Waals surface area contributed by atoms with Gasteiger partial charge in [0.15, 0.2) is 0 Å². The molecule has 98 valence electrons. The Kier molecular flexibility index (Phi) is 6.63. The molecule has 0 bridgehead atoms. The van der Waals surface area contributed by atoms with E-state index in [0.29, 0.717) is 11.6 Å². The lowest BCUT2D eigenvalue weighted by Crippen LogP contribution is -2.30. The molecule has 0 amide bonds. The topological polar surface area (TPSA) is 45.0 Å². The molecule has 0 heterocycles. The van der Waals surface area contributed by atoms with Gasteiger partial charge in [0.1, 0.15) is 5.75 Å². The maximum atomic E-state index is 8.92. The molecule has 0 spiro atoms. The third-order valence-electron chi connectivity index (χ3n) is 2.85. The Balaban J connectivity index is 2.73. The molecule has 0 aliphatic carbocycles. The Labute approximate surface area is 114 Å². The molecule has 0 saturated carbocycles. The Morgan fingerprint density at radius 3 is 2.83 bits per heavy atom. The first-order chi connectivity index (χ1) is 8.74. The van der Waals surface area contributed by atoms with Crippen LogP contribution < -0.4 is 10.1 Å². The van der Waals surface area contributed by atoms with Crippen molar-refractivity contribution in [2.45, 2.75) is 25.9 Å². The van der Waals surface area contributed by atoms with Gasteiger partial charge in [-0.05, 0) is 30.9 Å². The number of ether oxygens (including phenoxy) is 1. The summed E-state index contributed by atoms with van der Waals surface area (Å²) in [5.41, 5.74) is 1.71. The first-order valence-electron chi connectivity index (χ1n) is 6.04. The number of rotatable bonds is 7. The van der Waals surface area contributed by atoms with Crippen LogP contribution >= 0.6 is 11.8 Å². The number of thioether (sulfide) groups is 1. The van der Waals surface area contributed by atoms with Crippen molar-refractivity contribution in [1.29, 1.82) is 5.26 Å². The van der Waals surface area contributed by atoms with Crippen LogP contribution in [0.25, 0.3) is 0 Å². The van der Waals surface area contributed by atoms with Crippen molar-refractivity contribution in [2.75, 3.05) is 19.1 Å². The van der Waals surface area contributed by atoms with Gasteiger partial charge in [-0.25, -0.2) is 0 Å². The van der Waals surface area contributed by atoms with Crippen LogP contribution in [0.1, 0.15) is 24.5 Å². The van der Waals surface area contributed by atoms with Gasteiger partial charge >= 0.3 is 0 Å². The molecular formula is C14H20N2OS. The van der Waals surface area contributed by atoms with Crippen molar-refractivity contribution in [3.05, 3.63) is 29.3 Å². The van der Waals surface area contributed by atoms with Gasteiger partial charge in [-0.1, -0.05) is 6.92 Å². The second kappa shape index (κ2) is 8.02. The summed E-state index contributed by atoms with van der Waals surface area (Å²) < 4.78 is 5.32. The van der Waals surface area contributed by atoms with Crippen LogP contribution in [-0.4, -0.2) is 25.2 Å². The summed E-state index contributed by atoms with van der Waals surface area (Å²) >= 11 is 1.84. The minimum absolute atomic E-state index is 0.496. The molecule has 1 aromatic carbocycles. The van der Waals surface area contributed by atoms with Gasteiger partial charge in [0.2, 0.25) is 0 Å². The normalized spacial score (nSPS) is 11.9. The van der Waals surface area contributed by atoms with Gasteiger partial charge in [-0.15, -0.1) is 0 Å². The van der Waals surface area contributed by atoms with Gasteiger partial charge in [0.05, 0.1) is 18.7 Å². The average Bonchev–Trinajstić information content (AvgIpc) is 2.43. The molecule has 0 aliphatic rings. The van der Waals surface area contributed by atoms with E-state index in [4.69, 9.17) is 10.00 Å². The lowest BCUT2D eigenvalue weighted by atomic mass is 10.1. The summed E-state index contributed by atoms with van der Waals surface area (Å²) in [6.45, 7) is 2.91. The molecule has 0 aliphatic heterocycles. The van der Waals surface area contributed by atoms with Crippen LogP contribution in [0.15, 0.2) is 18.2 Å². The predicted octanol–water partition coefficient (Wildman–Crippen LogP) is 2.80. The lowest BCUT2D eigenvalue weighted by Gasteiger charge is -2.17. The van der Waals surface area contributed by atoms with E-state index in [1.807, 2.05) is 23.9 Å². The van der Waals surface area contributed by atoms with E-state index < -0.39 is 0 Å². The minimum atomic E-state index is 0.496.